The molecule has 114 valence electrons. The smallest absolute Gasteiger partial charge is 0.203 e. The van der Waals surface area contributed by atoms with Crippen LogP contribution in [-0.4, -0.2) is 14.3 Å². The summed E-state index contributed by atoms with van der Waals surface area (Å²) >= 11 is 6.51. The van der Waals surface area contributed by atoms with Crippen LogP contribution in [0.15, 0.2) is 34.1 Å². The second-order valence-corrected chi connectivity index (χ2v) is 7.37. The molecule has 0 aliphatic rings. The van der Waals surface area contributed by atoms with Gasteiger partial charge in [-0.3, -0.25) is 0 Å². The Labute approximate surface area is 146 Å². The number of nitrogens with zero attached hydrogens (tertiary/aromatic N) is 3. The van der Waals surface area contributed by atoms with E-state index in [4.69, 9.17) is 4.98 Å². The second-order valence-electron chi connectivity index (χ2n) is 4.81. The van der Waals surface area contributed by atoms with Gasteiger partial charge in [-0.2, -0.15) is 4.37 Å². The Morgan fingerprint density at radius 1 is 1.23 bits per heavy atom. The number of hydrogen-bond donors (Lipinski definition) is 1. The molecule has 2 heterocycles. The molecule has 0 amide bonds. The summed E-state index contributed by atoms with van der Waals surface area (Å²) in [6.07, 6.45) is 0.859. The van der Waals surface area contributed by atoms with Crippen LogP contribution < -0.4 is 5.32 Å². The van der Waals surface area contributed by atoms with Gasteiger partial charge < -0.3 is 5.32 Å². The Morgan fingerprint density at radius 2 is 2.00 bits per heavy atom. The number of aryl methyl sites for hydroxylation is 1. The first kappa shape index (κ1) is 15.6. The first-order chi connectivity index (χ1) is 10.7. The van der Waals surface area contributed by atoms with Gasteiger partial charge in [0, 0.05) is 33.4 Å². The molecule has 22 heavy (non-hydrogen) atoms. The van der Waals surface area contributed by atoms with Gasteiger partial charge in [0.25, 0.3) is 0 Å². The molecule has 1 unspecified atom stereocenters. The fraction of sp³-hybridized carbons (Fsp3) is 0.267. The van der Waals surface area contributed by atoms with Gasteiger partial charge in [0.2, 0.25) is 5.13 Å². The van der Waals surface area contributed by atoms with Crippen molar-refractivity contribution in [3.05, 3.63) is 45.0 Å². The molecule has 4 nitrogen and oxygen atoms in total. The SMILES string of the molecule is CCc1nsc(NC(C)c2nc(-c3ccc(Br)cc3)cs2)n1. The summed E-state index contributed by atoms with van der Waals surface area (Å²) in [6.45, 7) is 4.15. The number of benzene rings is 1. The zero-order valence-electron chi connectivity index (χ0n) is 12.2. The summed E-state index contributed by atoms with van der Waals surface area (Å²) in [7, 11) is 0. The Hall–Kier alpha value is -1.31. The summed E-state index contributed by atoms with van der Waals surface area (Å²) in [4.78, 5) is 9.17. The molecule has 0 aliphatic heterocycles. The van der Waals surface area contributed by atoms with E-state index in [9.17, 15) is 0 Å². The number of aromatic nitrogens is 3. The monoisotopic (exact) mass is 394 g/mol. The summed E-state index contributed by atoms with van der Waals surface area (Å²) < 4.78 is 5.36. The molecule has 0 saturated carbocycles. The van der Waals surface area contributed by atoms with Crippen molar-refractivity contribution >= 4 is 43.9 Å². The zero-order chi connectivity index (χ0) is 15.5. The summed E-state index contributed by atoms with van der Waals surface area (Å²) in [6, 6.07) is 8.32. The first-order valence-electron chi connectivity index (χ1n) is 6.96. The Bertz CT molecular complexity index is 751. The molecule has 0 saturated heterocycles. The molecule has 2 aromatic heterocycles. The quantitative estimate of drug-likeness (QED) is 0.648. The lowest BCUT2D eigenvalue weighted by Gasteiger charge is -2.08. The third-order valence-electron chi connectivity index (χ3n) is 3.16. The number of anilines is 1. The predicted molar refractivity (Wildman–Crippen MR) is 96.6 cm³/mol. The number of halogens is 1. The largest absolute Gasteiger partial charge is 0.351 e. The molecule has 3 rings (SSSR count). The molecule has 3 aromatic rings. The van der Waals surface area contributed by atoms with Crippen LogP contribution in [0.5, 0.6) is 0 Å². The van der Waals surface area contributed by atoms with E-state index in [1.54, 1.807) is 11.3 Å². The highest BCUT2D eigenvalue weighted by Gasteiger charge is 2.13. The van der Waals surface area contributed by atoms with Crippen LogP contribution in [0.3, 0.4) is 0 Å². The molecular weight excluding hydrogens is 380 g/mol. The highest BCUT2D eigenvalue weighted by Crippen LogP contribution is 2.28. The van der Waals surface area contributed by atoms with Crippen molar-refractivity contribution in [2.45, 2.75) is 26.3 Å². The van der Waals surface area contributed by atoms with Crippen LogP contribution in [0, 0.1) is 0 Å². The van der Waals surface area contributed by atoms with Gasteiger partial charge in [0.05, 0.1) is 11.7 Å². The van der Waals surface area contributed by atoms with Gasteiger partial charge in [-0.15, -0.1) is 11.3 Å². The van der Waals surface area contributed by atoms with Crippen LogP contribution >= 0.6 is 38.8 Å². The average Bonchev–Trinajstić information content (AvgIpc) is 3.17. The van der Waals surface area contributed by atoms with E-state index in [0.717, 1.165) is 38.1 Å². The van der Waals surface area contributed by atoms with Crippen LogP contribution in [0.2, 0.25) is 0 Å². The number of thiazole rings is 1. The zero-order valence-corrected chi connectivity index (χ0v) is 15.4. The molecule has 0 spiro atoms. The lowest BCUT2D eigenvalue weighted by atomic mass is 10.2. The van der Waals surface area contributed by atoms with Crippen molar-refractivity contribution in [3.63, 3.8) is 0 Å². The van der Waals surface area contributed by atoms with E-state index in [1.165, 1.54) is 11.5 Å². The predicted octanol–water partition coefficient (Wildman–Crippen LogP) is 5.16. The van der Waals surface area contributed by atoms with Crippen LogP contribution in [0.25, 0.3) is 11.3 Å². The summed E-state index contributed by atoms with van der Waals surface area (Å²) in [5.74, 6) is 0.884. The summed E-state index contributed by atoms with van der Waals surface area (Å²) in [5.41, 5.74) is 2.13. The molecule has 0 bridgehead atoms. The van der Waals surface area contributed by atoms with Gasteiger partial charge >= 0.3 is 0 Å². The van der Waals surface area contributed by atoms with E-state index in [-0.39, 0.29) is 6.04 Å². The number of hydrogen-bond acceptors (Lipinski definition) is 6. The fourth-order valence-electron chi connectivity index (χ4n) is 1.94. The third-order valence-corrected chi connectivity index (χ3v) is 5.40. The highest BCUT2D eigenvalue weighted by molar-refractivity contribution is 9.10. The lowest BCUT2D eigenvalue weighted by Crippen LogP contribution is -2.06. The molecule has 1 N–H and O–H groups in total. The van der Waals surface area contributed by atoms with E-state index in [2.05, 4.69) is 62.0 Å². The average molecular weight is 395 g/mol. The Balaban J connectivity index is 1.73. The molecule has 0 fully saturated rings. The maximum atomic E-state index is 4.73. The number of rotatable bonds is 5. The van der Waals surface area contributed by atoms with E-state index >= 15 is 0 Å². The first-order valence-corrected chi connectivity index (χ1v) is 9.40. The van der Waals surface area contributed by atoms with Gasteiger partial charge in [-0.25, -0.2) is 9.97 Å². The molecule has 0 radical (unpaired) electrons. The van der Waals surface area contributed by atoms with Crippen molar-refractivity contribution in [1.82, 2.24) is 14.3 Å². The van der Waals surface area contributed by atoms with Crippen molar-refractivity contribution in [2.75, 3.05) is 5.32 Å². The van der Waals surface area contributed by atoms with E-state index in [1.807, 2.05) is 12.1 Å². The molecule has 1 atom stereocenters. The van der Waals surface area contributed by atoms with E-state index in [0.29, 0.717) is 0 Å². The molecule has 7 heteroatoms. The van der Waals surface area contributed by atoms with Crippen molar-refractivity contribution in [3.8, 4) is 11.3 Å². The van der Waals surface area contributed by atoms with Crippen molar-refractivity contribution in [2.24, 2.45) is 0 Å². The Morgan fingerprint density at radius 3 is 2.68 bits per heavy atom. The van der Waals surface area contributed by atoms with Gasteiger partial charge in [0.15, 0.2) is 0 Å². The van der Waals surface area contributed by atoms with Gasteiger partial charge in [-0.1, -0.05) is 35.0 Å². The maximum Gasteiger partial charge on any atom is 0.203 e. The molecule has 0 aliphatic carbocycles. The fourth-order valence-corrected chi connectivity index (χ4v) is 3.78. The lowest BCUT2D eigenvalue weighted by molar-refractivity contribution is 0.864. The summed E-state index contributed by atoms with van der Waals surface area (Å²) in [5, 5.41) is 7.36. The van der Waals surface area contributed by atoms with Crippen molar-refractivity contribution in [1.29, 1.82) is 0 Å². The normalized spacial score (nSPS) is 12.3. The second kappa shape index (κ2) is 6.85. The van der Waals surface area contributed by atoms with Crippen LogP contribution in [0.1, 0.15) is 30.7 Å². The maximum absolute atomic E-state index is 4.73. The standard InChI is InChI=1S/C15H15BrN4S2/c1-3-13-19-15(22-20-13)17-9(2)14-18-12(8-21-14)10-4-6-11(16)7-5-10/h4-9H,3H2,1-2H3,(H,17,19,20). The van der Waals surface area contributed by atoms with Gasteiger partial charge in [0.1, 0.15) is 10.8 Å². The minimum absolute atomic E-state index is 0.117. The van der Waals surface area contributed by atoms with Crippen LogP contribution in [-0.2, 0) is 6.42 Å². The third kappa shape index (κ3) is 3.53. The molecular formula is C15H15BrN4S2. The van der Waals surface area contributed by atoms with Crippen LogP contribution in [0.4, 0.5) is 5.13 Å². The van der Waals surface area contributed by atoms with Gasteiger partial charge in [-0.05, 0) is 19.1 Å². The van der Waals surface area contributed by atoms with Crippen molar-refractivity contribution < 1.29 is 0 Å². The van der Waals surface area contributed by atoms with E-state index < -0.39 is 0 Å². The molecule has 1 aromatic carbocycles. The number of nitrogens with one attached hydrogen (secondary N) is 1. The highest BCUT2D eigenvalue weighted by atomic mass is 79.9. The Kier molecular flexibility index (Phi) is 4.85. The minimum Gasteiger partial charge on any atom is -0.351 e. The topological polar surface area (TPSA) is 50.7 Å². The minimum atomic E-state index is 0.117.